The van der Waals surface area contributed by atoms with Crippen LogP contribution in [0.4, 0.5) is 4.79 Å². The average Bonchev–Trinajstić information content (AvgIpc) is 2.33. The molecule has 2 aliphatic rings. The predicted octanol–water partition coefficient (Wildman–Crippen LogP) is 3.38. The summed E-state index contributed by atoms with van der Waals surface area (Å²) in [5.41, 5.74) is -0.181. The number of amides is 1. The van der Waals surface area contributed by atoms with E-state index in [2.05, 4.69) is 15.9 Å². The van der Waals surface area contributed by atoms with Crippen molar-refractivity contribution in [3.63, 3.8) is 0 Å². The van der Waals surface area contributed by atoms with Crippen LogP contribution in [0, 0.1) is 11.3 Å². The molecule has 0 aromatic heterocycles. The molecule has 1 aliphatic carbocycles. The maximum Gasteiger partial charge on any atom is 0.410 e. The van der Waals surface area contributed by atoms with E-state index < -0.39 is 5.60 Å². The van der Waals surface area contributed by atoms with Crippen LogP contribution in [0.5, 0.6) is 0 Å². The van der Waals surface area contributed by atoms with Gasteiger partial charge in [0, 0.05) is 24.4 Å². The first-order valence-electron chi connectivity index (χ1n) is 7.31. The minimum Gasteiger partial charge on any atom is -0.444 e. The Labute approximate surface area is 129 Å². The number of rotatable bonds is 2. The van der Waals surface area contributed by atoms with Crippen molar-refractivity contribution in [3.05, 3.63) is 0 Å². The Hall–Kier alpha value is -0.580. The second kappa shape index (κ2) is 5.66. The fourth-order valence-electron chi connectivity index (χ4n) is 3.20. The van der Waals surface area contributed by atoms with E-state index in [0.29, 0.717) is 11.1 Å². The highest BCUT2D eigenvalue weighted by molar-refractivity contribution is 9.09. The molecule has 0 unspecified atom stereocenters. The van der Waals surface area contributed by atoms with E-state index in [0.717, 1.165) is 38.8 Å². The number of carbonyl (C=O) groups is 2. The monoisotopic (exact) mass is 345 g/mol. The van der Waals surface area contributed by atoms with Gasteiger partial charge in [-0.2, -0.15) is 0 Å². The summed E-state index contributed by atoms with van der Waals surface area (Å²) in [7, 11) is 0. The van der Waals surface area contributed by atoms with Crippen LogP contribution in [0.2, 0.25) is 0 Å². The lowest BCUT2D eigenvalue weighted by atomic mass is 9.65. The Kier molecular flexibility index (Phi) is 4.47. The van der Waals surface area contributed by atoms with Crippen molar-refractivity contribution in [1.29, 1.82) is 0 Å². The zero-order valence-electron chi connectivity index (χ0n) is 12.6. The van der Waals surface area contributed by atoms with Gasteiger partial charge >= 0.3 is 6.09 Å². The molecule has 2 fully saturated rings. The number of halogens is 1. The van der Waals surface area contributed by atoms with Crippen LogP contribution in [-0.4, -0.2) is 40.8 Å². The zero-order valence-corrected chi connectivity index (χ0v) is 14.2. The van der Waals surface area contributed by atoms with Crippen molar-refractivity contribution < 1.29 is 14.3 Å². The van der Waals surface area contributed by atoms with Crippen molar-refractivity contribution in [3.8, 4) is 0 Å². The van der Waals surface area contributed by atoms with E-state index in [-0.39, 0.29) is 17.4 Å². The molecule has 1 heterocycles. The van der Waals surface area contributed by atoms with E-state index in [1.807, 2.05) is 20.8 Å². The number of hydrogen-bond donors (Lipinski definition) is 0. The maximum atomic E-state index is 11.9. The van der Waals surface area contributed by atoms with Crippen molar-refractivity contribution in [2.24, 2.45) is 11.3 Å². The fraction of sp³-hybridized carbons (Fsp3) is 0.867. The standard InChI is InChI=1S/C15H24BrNO3/c1-14(2,3)20-13(19)17-9-15(10-17)6-4-11(5-7-15)12(18)8-16/h11H,4-10H2,1-3H3. The summed E-state index contributed by atoms with van der Waals surface area (Å²) < 4.78 is 5.38. The summed E-state index contributed by atoms with van der Waals surface area (Å²) in [5.74, 6) is 0.541. The Bertz CT molecular complexity index is 386. The van der Waals surface area contributed by atoms with Gasteiger partial charge in [-0.05, 0) is 46.5 Å². The van der Waals surface area contributed by atoms with Crippen LogP contribution in [0.3, 0.4) is 0 Å². The van der Waals surface area contributed by atoms with Crippen molar-refractivity contribution in [2.45, 2.75) is 52.1 Å². The molecule has 1 amide bonds. The van der Waals surface area contributed by atoms with E-state index in [4.69, 9.17) is 4.74 Å². The third-order valence-corrected chi connectivity index (χ3v) is 4.89. The third kappa shape index (κ3) is 3.54. The van der Waals surface area contributed by atoms with Crippen LogP contribution in [0.25, 0.3) is 0 Å². The third-order valence-electron chi connectivity index (χ3n) is 4.34. The molecular weight excluding hydrogens is 322 g/mol. The first kappa shape index (κ1) is 15.8. The van der Waals surface area contributed by atoms with Gasteiger partial charge in [-0.25, -0.2) is 4.79 Å². The molecule has 1 spiro atoms. The van der Waals surface area contributed by atoms with Crippen molar-refractivity contribution >= 4 is 27.8 Å². The smallest absolute Gasteiger partial charge is 0.410 e. The Morgan fingerprint density at radius 1 is 1.25 bits per heavy atom. The summed E-state index contributed by atoms with van der Waals surface area (Å²) >= 11 is 3.25. The second-order valence-corrected chi connectivity index (χ2v) is 7.77. The largest absolute Gasteiger partial charge is 0.444 e. The number of ketones is 1. The van der Waals surface area contributed by atoms with Gasteiger partial charge in [-0.3, -0.25) is 4.79 Å². The first-order valence-corrected chi connectivity index (χ1v) is 8.43. The topological polar surface area (TPSA) is 46.6 Å². The Morgan fingerprint density at radius 3 is 2.25 bits per heavy atom. The highest BCUT2D eigenvalue weighted by Crippen LogP contribution is 2.46. The van der Waals surface area contributed by atoms with Crippen LogP contribution < -0.4 is 0 Å². The second-order valence-electron chi connectivity index (χ2n) is 7.21. The molecule has 1 saturated carbocycles. The Balaban J connectivity index is 1.79. The molecule has 20 heavy (non-hydrogen) atoms. The van der Waals surface area contributed by atoms with Gasteiger partial charge in [0.2, 0.25) is 0 Å². The van der Waals surface area contributed by atoms with E-state index in [1.54, 1.807) is 4.90 Å². The highest BCUT2D eigenvalue weighted by Gasteiger charge is 2.48. The number of hydrogen-bond acceptors (Lipinski definition) is 3. The SMILES string of the molecule is CC(C)(C)OC(=O)N1CC2(CCC(C(=O)CBr)CC2)C1. The summed E-state index contributed by atoms with van der Waals surface area (Å²) in [4.78, 5) is 25.4. The average molecular weight is 346 g/mol. The van der Waals surface area contributed by atoms with Gasteiger partial charge in [-0.1, -0.05) is 15.9 Å². The lowest BCUT2D eigenvalue weighted by Gasteiger charge is -2.53. The highest BCUT2D eigenvalue weighted by atomic mass is 79.9. The van der Waals surface area contributed by atoms with Gasteiger partial charge in [-0.15, -0.1) is 0 Å². The van der Waals surface area contributed by atoms with Gasteiger partial charge in [0.25, 0.3) is 0 Å². The van der Waals surface area contributed by atoms with Gasteiger partial charge in [0.15, 0.2) is 0 Å². The number of likely N-dealkylation sites (tertiary alicyclic amines) is 1. The lowest BCUT2D eigenvalue weighted by Crippen LogP contribution is -2.60. The number of carbonyl (C=O) groups excluding carboxylic acids is 2. The molecule has 0 bridgehead atoms. The summed E-state index contributed by atoms with van der Waals surface area (Å²) in [6.07, 6.45) is 3.83. The molecule has 4 nitrogen and oxygen atoms in total. The number of nitrogens with zero attached hydrogens (tertiary/aromatic N) is 1. The fourth-order valence-corrected chi connectivity index (χ4v) is 3.65. The summed E-state index contributed by atoms with van der Waals surface area (Å²) in [6, 6.07) is 0. The number of ether oxygens (including phenoxy) is 1. The number of alkyl halides is 1. The van der Waals surface area contributed by atoms with E-state index in [9.17, 15) is 9.59 Å². The minimum absolute atomic E-state index is 0.207. The summed E-state index contributed by atoms with van der Waals surface area (Å²) in [5, 5.41) is 0.467. The molecule has 0 aromatic rings. The quantitative estimate of drug-likeness (QED) is 0.720. The normalized spacial score (nSPS) is 22.5. The Morgan fingerprint density at radius 2 is 1.80 bits per heavy atom. The van der Waals surface area contributed by atoms with Crippen LogP contribution in [0.1, 0.15) is 46.5 Å². The van der Waals surface area contributed by atoms with Crippen molar-refractivity contribution in [2.75, 3.05) is 18.4 Å². The molecule has 5 heteroatoms. The molecule has 1 saturated heterocycles. The van der Waals surface area contributed by atoms with E-state index in [1.165, 1.54) is 0 Å². The molecule has 0 aromatic carbocycles. The lowest BCUT2D eigenvalue weighted by molar-refractivity contribution is -0.123. The molecule has 0 atom stereocenters. The van der Waals surface area contributed by atoms with Crippen LogP contribution in [-0.2, 0) is 9.53 Å². The molecule has 114 valence electrons. The zero-order chi connectivity index (χ0) is 15.0. The van der Waals surface area contributed by atoms with Gasteiger partial charge in [0.1, 0.15) is 11.4 Å². The van der Waals surface area contributed by atoms with Gasteiger partial charge in [0.05, 0.1) is 5.33 Å². The molecule has 2 rings (SSSR count). The van der Waals surface area contributed by atoms with Crippen LogP contribution >= 0.6 is 15.9 Å². The minimum atomic E-state index is -0.431. The summed E-state index contributed by atoms with van der Waals surface area (Å²) in [6.45, 7) is 7.24. The number of Topliss-reactive ketones (excluding diaryl/α,β-unsaturated/α-hetero) is 1. The molecule has 1 aliphatic heterocycles. The van der Waals surface area contributed by atoms with Crippen molar-refractivity contribution in [1.82, 2.24) is 4.90 Å². The molecular formula is C15H24BrNO3. The van der Waals surface area contributed by atoms with Gasteiger partial charge < -0.3 is 9.64 Å². The predicted molar refractivity (Wildman–Crippen MR) is 81.0 cm³/mol. The maximum absolute atomic E-state index is 11.9. The first-order chi connectivity index (χ1) is 9.25. The molecule has 0 radical (unpaired) electrons. The molecule has 0 N–H and O–H groups in total. The van der Waals surface area contributed by atoms with E-state index >= 15 is 0 Å². The van der Waals surface area contributed by atoms with Crippen LogP contribution in [0.15, 0.2) is 0 Å².